The number of rotatable bonds is 6. The molecule has 0 saturated carbocycles. The molecule has 2 heterocycles. The minimum absolute atomic E-state index is 0.108. The first-order valence-electron chi connectivity index (χ1n) is 6.73. The van der Waals surface area contributed by atoms with E-state index >= 15 is 0 Å². The summed E-state index contributed by atoms with van der Waals surface area (Å²) in [5.41, 5.74) is 0. The van der Waals surface area contributed by atoms with Crippen LogP contribution >= 0.6 is 11.3 Å². The van der Waals surface area contributed by atoms with Crippen molar-refractivity contribution in [3.63, 3.8) is 0 Å². The molecular weight excluding hydrogens is 260 g/mol. The Morgan fingerprint density at radius 2 is 2.42 bits per heavy atom. The molecule has 0 bridgehead atoms. The third-order valence-corrected chi connectivity index (χ3v) is 4.50. The number of hydrogen-bond donors (Lipinski definition) is 1. The Morgan fingerprint density at radius 1 is 1.58 bits per heavy atom. The second kappa shape index (κ2) is 7.03. The van der Waals surface area contributed by atoms with E-state index in [0.29, 0.717) is 25.6 Å². The van der Waals surface area contributed by atoms with E-state index in [1.54, 1.807) is 18.4 Å². The second-order valence-corrected chi connectivity index (χ2v) is 6.11. The molecule has 1 amide bonds. The quantitative estimate of drug-likeness (QED) is 0.861. The SMILES string of the molecule is COCCN(Cc1cccs1)C(=O)[C@@H]1CNC[C@H]1C. The molecule has 1 aromatic rings. The molecule has 1 saturated heterocycles. The standard InChI is InChI=1S/C14H22N2O2S/c1-11-8-15-9-13(11)14(17)16(5-6-18-2)10-12-4-3-7-19-12/h3-4,7,11,13,15H,5-6,8-10H2,1-2H3/t11-,13-/m1/s1. The van der Waals surface area contributed by atoms with Crippen LogP contribution < -0.4 is 5.32 Å². The van der Waals surface area contributed by atoms with Crippen molar-refractivity contribution in [3.8, 4) is 0 Å². The average molecular weight is 282 g/mol. The van der Waals surface area contributed by atoms with E-state index in [2.05, 4.69) is 18.3 Å². The Morgan fingerprint density at radius 3 is 3.00 bits per heavy atom. The summed E-state index contributed by atoms with van der Waals surface area (Å²) in [5.74, 6) is 0.778. The minimum Gasteiger partial charge on any atom is -0.383 e. The molecule has 0 aliphatic carbocycles. The first-order chi connectivity index (χ1) is 9.22. The molecule has 1 N–H and O–H groups in total. The number of amides is 1. The van der Waals surface area contributed by atoms with Crippen LogP contribution in [0, 0.1) is 11.8 Å². The van der Waals surface area contributed by atoms with Crippen LogP contribution in [0.5, 0.6) is 0 Å². The van der Waals surface area contributed by atoms with Crippen molar-refractivity contribution in [1.82, 2.24) is 10.2 Å². The van der Waals surface area contributed by atoms with Gasteiger partial charge in [-0.3, -0.25) is 4.79 Å². The fraction of sp³-hybridized carbons (Fsp3) is 0.643. The molecule has 0 spiro atoms. The highest BCUT2D eigenvalue weighted by molar-refractivity contribution is 7.09. The van der Waals surface area contributed by atoms with Gasteiger partial charge in [0.15, 0.2) is 0 Å². The smallest absolute Gasteiger partial charge is 0.227 e. The van der Waals surface area contributed by atoms with E-state index < -0.39 is 0 Å². The number of methoxy groups -OCH3 is 1. The predicted octanol–water partition coefficient (Wildman–Crippen LogP) is 1.58. The molecule has 4 nitrogen and oxygen atoms in total. The normalized spacial score (nSPS) is 22.6. The zero-order chi connectivity index (χ0) is 13.7. The maximum Gasteiger partial charge on any atom is 0.227 e. The van der Waals surface area contributed by atoms with E-state index in [9.17, 15) is 4.79 Å². The number of ether oxygens (including phenoxy) is 1. The Bertz CT molecular complexity index is 394. The van der Waals surface area contributed by atoms with E-state index in [-0.39, 0.29) is 11.8 Å². The Balaban J connectivity index is 2.01. The summed E-state index contributed by atoms with van der Waals surface area (Å²) in [7, 11) is 1.67. The lowest BCUT2D eigenvalue weighted by Gasteiger charge is -2.26. The molecule has 1 aliphatic rings. The average Bonchev–Trinajstić information content (AvgIpc) is 3.05. The van der Waals surface area contributed by atoms with Gasteiger partial charge in [0.2, 0.25) is 5.91 Å². The lowest BCUT2D eigenvalue weighted by atomic mass is 9.96. The summed E-state index contributed by atoms with van der Waals surface area (Å²) in [6.45, 7) is 5.83. The van der Waals surface area contributed by atoms with Gasteiger partial charge in [0.25, 0.3) is 0 Å². The van der Waals surface area contributed by atoms with Crippen molar-refractivity contribution in [2.75, 3.05) is 33.4 Å². The van der Waals surface area contributed by atoms with Gasteiger partial charge in [-0.05, 0) is 23.9 Å². The Hall–Kier alpha value is -0.910. The largest absolute Gasteiger partial charge is 0.383 e. The molecular formula is C14H22N2O2S. The molecule has 2 atom stereocenters. The number of thiophene rings is 1. The molecule has 1 aromatic heterocycles. The lowest BCUT2D eigenvalue weighted by Crippen LogP contribution is -2.40. The van der Waals surface area contributed by atoms with Gasteiger partial charge < -0.3 is 15.0 Å². The molecule has 1 aliphatic heterocycles. The van der Waals surface area contributed by atoms with Gasteiger partial charge in [0.05, 0.1) is 19.1 Å². The highest BCUT2D eigenvalue weighted by Crippen LogP contribution is 2.21. The summed E-state index contributed by atoms with van der Waals surface area (Å²) in [6.07, 6.45) is 0. The van der Waals surface area contributed by atoms with Crippen LogP contribution in [0.4, 0.5) is 0 Å². The maximum atomic E-state index is 12.6. The molecule has 5 heteroatoms. The summed E-state index contributed by atoms with van der Waals surface area (Å²) < 4.78 is 5.13. The van der Waals surface area contributed by atoms with Gasteiger partial charge in [0.1, 0.15) is 0 Å². The van der Waals surface area contributed by atoms with E-state index in [4.69, 9.17) is 4.74 Å². The van der Waals surface area contributed by atoms with Crippen molar-refractivity contribution in [2.24, 2.45) is 11.8 Å². The Labute approximate surface area is 118 Å². The molecule has 19 heavy (non-hydrogen) atoms. The van der Waals surface area contributed by atoms with Crippen LogP contribution in [0.15, 0.2) is 17.5 Å². The number of hydrogen-bond acceptors (Lipinski definition) is 4. The number of carbonyl (C=O) groups is 1. The van der Waals surface area contributed by atoms with Crippen molar-refractivity contribution in [1.29, 1.82) is 0 Å². The van der Waals surface area contributed by atoms with Gasteiger partial charge in [-0.25, -0.2) is 0 Å². The number of carbonyl (C=O) groups excluding carboxylic acids is 1. The first kappa shape index (κ1) is 14.5. The number of nitrogens with zero attached hydrogens (tertiary/aromatic N) is 1. The molecule has 1 fully saturated rings. The zero-order valence-electron chi connectivity index (χ0n) is 11.6. The van der Waals surface area contributed by atoms with Crippen LogP contribution in [0.2, 0.25) is 0 Å². The van der Waals surface area contributed by atoms with Crippen LogP contribution in [-0.4, -0.2) is 44.2 Å². The van der Waals surface area contributed by atoms with Crippen molar-refractivity contribution < 1.29 is 9.53 Å². The molecule has 0 aromatic carbocycles. The maximum absolute atomic E-state index is 12.6. The summed E-state index contributed by atoms with van der Waals surface area (Å²) in [5, 5.41) is 5.35. The summed E-state index contributed by atoms with van der Waals surface area (Å²) in [6, 6.07) is 4.10. The fourth-order valence-corrected chi connectivity index (χ4v) is 3.15. The van der Waals surface area contributed by atoms with Gasteiger partial charge >= 0.3 is 0 Å². The molecule has 106 valence electrons. The van der Waals surface area contributed by atoms with E-state index in [1.807, 2.05) is 16.3 Å². The van der Waals surface area contributed by atoms with Crippen LogP contribution in [0.3, 0.4) is 0 Å². The molecule has 0 unspecified atom stereocenters. The fourth-order valence-electron chi connectivity index (χ4n) is 2.43. The molecule has 2 rings (SSSR count). The predicted molar refractivity (Wildman–Crippen MR) is 77.1 cm³/mol. The van der Waals surface area contributed by atoms with E-state index in [0.717, 1.165) is 13.1 Å². The van der Waals surface area contributed by atoms with Crippen molar-refractivity contribution in [3.05, 3.63) is 22.4 Å². The van der Waals surface area contributed by atoms with Crippen molar-refractivity contribution >= 4 is 17.2 Å². The topological polar surface area (TPSA) is 41.6 Å². The molecule has 0 radical (unpaired) electrons. The van der Waals surface area contributed by atoms with Gasteiger partial charge in [0, 0.05) is 25.1 Å². The van der Waals surface area contributed by atoms with Gasteiger partial charge in [-0.2, -0.15) is 0 Å². The van der Waals surface area contributed by atoms with Gasteiger partial charge in [-0.1, -0.05) is 13.0 Å². The third-order valence-electron chi connectivity index (χ3n) is 3.64. The third kappa shape index (κ3) is 3.78. The van der Waals surface area contributed by atoms with Gasteiger partial charge in [-0.15, -0.1) is 11.3 Å². The van der Waals surface area contributed by atoms with Crippen LogP contribution in [-0.2, 0) is 16.1 Å². The first-order valence-corrected chi connectivity index (χ1v) is 7.61. The van der Waals surface area contributed by atoms with Crippen LogP contribution in [0.1, 0.15) is 11.8 Å². The van der Waals surface area contributed by atoms with E-state index in [1.165, 1.54) is 4.88 Å². The minimum atomic E-state index is 0.108. The van der Waals surface area contributed by atoms with Crippen LogP contribution in [0.25, 0.3) is 0 Å². The summed E-state index contributed by atoms with van der Waals surface area (Å²) in [4.78, 5) is 15.8. The van der Waals surface area contributed by atoms with Crippen molar-refractivity contribution in [2.45, 2.75) is 13.5 Å². The highest BCUT2D eigenvalue weighted by atomic mass is 32.1. The lowest BCUT2D eigenvalue weighted by molar-refractivity contribution is -0.137. The Kier molecular flexibility index (Phi) is 5.36. The highest BCUT2D eigenvalue weighted by Gasteiger charge is 2.32. The monoisotopic (exact) mass is 282 g/mol. The summed E-state index contributed by atoms with van der Waals surface area (Å²) >= 11 is 1.70. The second-order valence-electron chi connectivity index (χ2n) is 5.07. The zero-order valence-corrected chi connectivity index (χ0v) is 12.4. The number of nitrogens with one attached hydrogen (secondary N) is 1.